The minimum atomic E-state index is -0.304. The molecular weight excluding hydrogens is 344 g/mol. The molecule has 27 heavy (non-hydrogen) atoms. The highest BCUT2D eigenvalue weighted by Gasteiger charge is 2.22. The summed E-state index contributed by atoms with van der Waals surface area (Å²) in [5, 5.41) is 4.26. The smallest absolute Gasteiger partial charge is 0.267 e. The Kier molecular flexibility index (Phi) is 4.74. The van der Waals surface area contributed by atoms with Crippen LogP contribution in [0.2, 0.25) is 0 Å². The summed E-state index contributed by atoms with van der Waals surface area (Å²) in [6.45, 7) is 2.72. The van der Waals surface area contributed by atoms with Gasteiger partial charge < -0.3 is 14.2 Å². The van der Waals surface area contributed by atoms with Gasteiger partial charge in [-0.15, -0.1) is 0 Å². The number of furan rings is 1. The average molecular weight is 364 g/mol. The van der Waals surface area contributed by atoms with Crippen LogP contribution in [0.1, 0.15) is 0 Å². The van der Waals surface area contributed by atoms with Gasteiger partial charge in [0.2, 0.25) is 5.91 Å². The zero-order valence-electron chi connectivity index (χ0n) is 14.8. The number of carbonyl (C=O) groups is 1. The third-order valence-corrected chi connectivity index (χ3v) is 4.68. The van der Waals surface area contributed by atoms with Gasteiger partial charge in [0.25, 0.3) is 5.56 Å². The lowest BCUT2D eigenvalue weighted by Gasteiger charge is -2.36. The Bertz CT molecular complexity index is 958. The van der Waals surface area contributed by atoms with Crippen LogP contribution in [0.3, 0.4) is 0 Å². The number of amides is 1. The van der Waals surface area contributed by atoms with Gasteiger partial charge in [0.1, 0.15) is 12.2 Å². The maximum Gasteiger partial charge on any atom is 0.267 e. The highest BCUT2D eigenvalue weighted by molar-refractivity contribution is 5.76. The van der Waals surface area contributed by atoms with Gasteiger partial charge in [-0.25, -0.2) is 4.68 Å². The minimum Gasteiger partial charge on any atom is -0.463 e. The first-order chi connectivity index (χ1) is 13.2. The van der Waals surface area contributed by atoms with Crippen LogP contribution in [0, 0.1) is 0 Å². The van der Waals surface area contributed by atoms with Crippen LogP contribution in [0.4, 0.5) is 5.69 Å². The Hall–Kier alpha value is -3.35. The largest absolute Gasteiger partial charge is 0.463 e. The molecule has 7 heteroatoms. The molecule has 0 aliphatic carbocycles. The standard InChI is InChI=1S/C20H20N4O3/c25-19-9-8-17(18-7-4-14-27-18)21-24(19)15-20(26)23-12-10-22(11-13-23)16-5-2-1-3-6-16/h1-9,14H,10-13,15H2. The molecule has 0 saturated carbocycles. The number of hydrogen-bond acceptors (Lipinski definition) is 5. The number of hydrogen-bond donors (Lipinski definition) is 0. The van der Waals surface area contributed by atoms with Crippen LogP contribution in [0.25, 0.3) is 11.5 Å². The van der Waals surface area contributed by atoms with E-state index in [9.17, 15) is 9.59 Å². The molecule has 0 N–H and O–H groups in total. The second-order valence-corrected chi connectivity index (χ2v) is 6.40. The van der Waals surface area contributed by atoms with Gasteiger partial charge in [-0.05, 0) is 30.3 Å². The molecule has 3 heterocycles. The van der Waals surface area contributed by atoms with E-state index in [1.54, 1.807) is 29.4 Å². The molecule has 1 saturated heterocycles. The topological polar surface area (TPSA) is 71.6 Å². The van der Waals surface area contributed by atoms with Gasteiger partial charge in [-0.2, -0.15) is 5.10 Å². The molecule has 0 spiro atoms. The van der Waals surface area contributed by atoms with Gasteiger partial charge >= 0.3 is 0 Å². The Morgan fingerprint density at radius 1 is 0.963 bits per heavy atom. The summed E-state index contributed by atoms with van der Waals surface area (Å²) >= 11 is 0. The first-order valence-corrected chi connectivity index (χ1v) is 8.90. The van der Waals surface area contributed by atoms with Crippen LogP contribution in [-0.2, 0) is 11.3 Å². The van der Waals surface area contributed by atoms with Crippen LogP contribution in [0.15, 0.2) is 70.1 Å². The zero-order chi connectivity index (χ0) is 18.6. The summed E-state index contributed by atoms with van der Waals surface area (Å²) in [5.41, 5.74) is 1.39. The number of para-hydroxylation sites is 1. The third kappa shape index (κ3) is 3.76. The quantitative estimate of drug-likeness (QED) is 0.707. The van der Waals surface area contributed by atoms with E-state index in [1.807, 2.05) is 18.2 Å². The zero-order valence-corrected chi connectivity index (χ0v) is 14.8. The molecule has 4 rings (SSSR count). The Morgan fingerprint density at radius 2 is 1.74 bits per heavy atom. The summed E-state index contributed by atoms with van der Waals surface area (Å²) < 4.78 is 6.51. The van der Waals surface area contributed by atoms with E-state index in [1.165, 1.54) is 10.7 Å². The highest BCUT2D eigenvalue weighted by Crippen LogP contribution is 2.16. The first-order valence-electron chi connectivity index (χ1n) is 8.90. The molecule has 1 fully saturated rings. The van der Waals surface area contributed by atoms with Crippen molar-refractivity contribution < 1.29 is 9.21 Å². The number of carbonyl (C=O) groups excluding carboxylic acids is 1. The van der Waals surface area contributed by atoms with Crippen LogP contribution in [-0.4, -0.2) is 46.8 Å². The summed E-state index contributed by atoms with van der Waals surface area (Å²) in [7, 11) is 0. The van der Waals surface area contributed by atoms with E-state index in [0.29, 0.717) is 24.5 Å². The number of anilines is 1. The van der Waals surface area contributed by atoms with Gasteiger partial charge in [0.15, 0.2) is 5.76 Å². The maximum atomic E-state index is 12.6. The number of benzene rings is 1. The molecule has 0 unspecified atom stereocenters. The Morgan fingerprint density at radius 3 is 2.44 bits per heavy atom. The highest BCUT2D eigenvalue weighted by atomic mass is 16.3. The van der Waals surface area contributed by atoms with Crippen LogP contribution < -0.4 is 10.5 Å². The monoisotopic (exact) mass is 364 g/mol. The van der Waals surface area contributed by atoms with E-state index in [0.717, 1.165) is 18.8 Å². The molecule has 0 bridgehead atoms. The number of rotatable bonds is 4. The Labute approximate surface area is 156 Å². The van der Waals surface area contributed by atoms with Gasteiger partial charge in [-0.3, -0.25) is 9.59 Å². The number of aromatic nitrogens is 2. The van der Waals surface area contributed by atoms with Crippen molar-refractivity contribution in [1.29, 1.82) is 0 Å². The van der Waals surface area contributed by atoms with E-state index >= 15 is 0 Å². The molecule has 1 aliphatic rings. The minimum absolute atomic E-state index is 0.0707. The van der Waals surface area contributed by atoms with Crippen molar-refractivity contribution in [3.05, 3.63) is 71.2 Å². The average Bonchev–Trinajstić information content (AvgIpc) is 3.25. The third-order valence-electron chi connectivity index (χ3n) is 4.68. The maximum absolute atomic E-state index is 12.6. The molecule has 7 nitrogen and oxygen atoms in total. The molecule has 2 aromatic heterocycles. The molecule has 3 aromatic rings. The lowest BCUT2D eigenvalue weighted by atomic mass is 10.2. The predicted octanol–water partition coefficient (Wildman–Crippen LogP) is 1.85. The summed E-state index contributed by atoms with van der Waals surface area (Å²) in [6, 6.07) is 16.7. The molecule has 1 aliphatic heterocycles. The summed E-state index contributed by atoms with van der Waals surface area (Å²) in [5.74, 6) is 0.460. The lowest BCUT2D eigenvalue weighted by Crippen LogP contribution is -2.50. The van der Waals surface area contributed by atoms with Crippen LogP contribution >= 0.6 is 0 Å². The van der Waals surface area contributed by atoms with Crippen molar-refractivity contribution in [2.24, 2.45) is 0 Å². The van der Waals surface area contributed by atoms with Crippen molar-refractivity contribution in [3.8, 4) is 11.5 Å². The van der Waals surface area contributed by atoms with E-state index in [2.05, 4.69) is 22.1 Å². The van der Waals surface area contributed by atoms with Crippen molar-refractivity contribution >= 4 is 11.6 Å². The van der Waals surface area contributed by atoms with Crippen molar-refractivity contribution in [2.75, 3.05) is 31.1 Å². The predicted molar refractivity (Wildman–Crippen MR) is 101 cm³/mol. The molecule has 0 radical (unpaired) electrons. The normalized spacial score (nSPS) is 14.4. The van der Waals surface area contributed by atoms with E-state index in [4.69, 9.17) is 4.42 Å². The van der Waals surface area contributed by atoms with Gasteiger partial charge in [0, 0.05) is 37.9 Å². The lowest BCUT2D eigenvalue weighted by molar-refractivity contribution is -0.132. The number of piperazine rings is 1. The molecular formula is C20H20N4O3. The fraction of sp³-hybridized carbons (Fsp3) is 0.250. The van der Waals surface area contributed by atoms with Gasteiger partial charge in [-0.1, -0.05) is 18.2 Å². The number of nitrogens with zero attached hydrogens (tertiary/aromatic N) is 4. The van der Waals surface area contributed by atoms with Crippen LogP contribution in [0.5, 0.6) is 0 Å². The SMILES string of the molecule is O=C(Cn1nc(-c2ccco2)ccc1=O)N1CCN(c2ccccc2)CC1. The van der Waals surface area contributed by atoms with Crippen molar-refractivity contribution in [3.63, 3.8) is 0 Å². The fourth-order valence-electron chi connectivity index (χ4n) is 3.20. The second kappa shape index (κ2) is 7.49. The molecule has 138 valence electrons. The van der Waals surface area contributed by atoms with Crippen molar-refractivity contribution in [2.45, 2.75) is 6.54 Å². The molecule has 1 amide bonds. The molecule has 1 aromatic carbocycles. The van der Waals surface area contributed by atoms with E-state index < -0.39 is 0 Å². The van der Waals surface area contributed by atoms with Gasteiger partial charge in [0.05, 0.1) is 6.26 Å². The Balaban J connectivity index is 1.41. The van der Waals surface area contributed by atoms with Crippen molar-refractivity contribution in [1.82, 2.24) is 14.7 Å². The molecule has 0 atom stereocenters. The summed E-state index contributed by atoms with van der Waals surface area (Å²) in [6.07, 6.45) is 1.55. The first kappa shape index (κ1) is 17.1. The second-order valence-electron chi connectivity index (χ2n) is 6.40. The summed E-state index contributed by atoms with van der Waals surface area (Å²) in [4.78, 5) is 28.8. The van der Waals surface area contributed by atoms with E-state index in [-0.39, 0.29) is 18.0 Å². The fourth-order valence-corrected chi connectivity index (χ4v) is 3.20.